The summed E-state index contributed by atoms with van der Waals surface area (Å²) < 4.78 is 10.5. The average Bonchev–Trinajstić information content (AvgIpc) is 1.81. The largest absolute Gasteiger partial charge is 0.481 e. The highest BCUT2D eigenvalue weighted by Crippen LogP contribution is 1.95. The van der Waals surface area contributed by atoms with E-state index >= 15 is 0 Å². The van der Waals surface area contributed by atoms with Crippen molar-refractivity contribution in [1.29, 1.82) is 0 Å². The van der Waals surface area contributed by atoms with Gasteiger partial charge in [-0.1, -0.05) is 0 Å². The normalized spacial score (nSPS) is 16.2. The van der Waals surface area contributed by atoms with Gasteiger partial charge < -0.3 is 10.8 Å². The topological polar surface area (TPSA) is 80.4 Å². The molecule has 0 bridgehead atoms. The molecule has 0 aromatic carbocycles. The highest BCUT2D eigenvalue weighted by molar-refractivity contribution is 7.84. The van der Waals surface area contributed by atoms with E-state index in [0.717, 1.165) is 0 Å². The van der Waals surface area contributed by atoms with E-state index in [0.29, 0.717) is 0 Å². The summed E-state index contributed by atoms with van der Waals surface area (Å²) >= 11 is 0. The van der Waals surface area contributed by atoms with E-state index in [2.05, 4.69) is 0 Å². The molecule has 3 N–H and O–H groups in total. The summed E-state index contributed by atoms with van der Waals surface area (Å²) in [5.74, 6) is -1.49. The molecule has 60 valence electrons. The number of hydrogen-bond donors (Lipinski definition) is 2. The lowest BCUT2D eigenvalue weighted by molar-refractivity contribution is -0.140. The number of aliphatic carboxylic acids is 1. The van der Waals surface area contributed by atoms with E-state index in [9.17, 15) is 9.00 Å². The van der Waals surface area contributed by atoms with Crippen LogP contribution in [0.5, 0.6) is 0 Å². The van der Waals surface area contributed by atoms with Gasteiger partial charge in [0.15, 0.2) is 0 Å². The highest BCUT2D eigenvalue weighted by Gasteiger charge is 2.16. The number of hydrogen-bond acceptors (Lipinski definition) is 3. The lowest BCUT2D eigenvalue weighted by Gasteiger charge is -2.05. The van der Waals surface area contributed by atoms with Crippen molar-refractivity contribution in [3.8, 4) is 0 Å². The van der Waals surface area contributed by atoms with Gasteiger partial charge in [-0.25, -0.2) is 0 Å². The number of carboxylic acid groups (broad SMARTS) is 1. The standard InChI is InChI=1S/C5H11NO3S/c1-10(9)3-4(2-6)5(7)8/h4H,2-3,6H2,1H3,(H,7,8). The number of rotatable bonds is 4. The first-order valence-corrected chi connectivity index (χ1v) is 4.53. The van der Waals surface area contributed by atoms with Crippen molar-refractivity contribution in [2.75, 3.05) is 18.6 Å². The van der Waals surface area contributed by atoms with Gasteiger partial charge in [-0.05, 0) is 0 Å². The summed E-state index contributed by atoms with van der Waals surface area (Å²) in [7, 11) is -1.08. The predicted octanol–water partition coefficient (Wildman–Crippen LogP) is -0.976. The smallest absolute Gasteiger partial charge is 0.308 e. The Morgan fingerprint density at radius 1 is 1.80 bits per heavy atom. The molecule has 5 heteroatoms. The van der Waals surface area contributed by atoms with Gasteiger partial charge in [0.05, 0.1) is 5.92 Å². The average molecular weight is 165 g/mol. The molecule has 10 heavy (non-hydrogen) atoms. The zero-order valence-corrected chi connectivity index (χ0v) is 6.56. The van der Waals surface area contributed by atoms with Crippen LogP contribution in [-0.2, 0) is 15.6 Å². The molecule has 0 amide bonds. The number of nitrogens with two attached hydrogens (primary N) is 1. The molecule has 4 nitrogen and oxygen atoms in total. The fraction of sp³-hybridized carbons (Fsp3) is 0.800. The van der Waals surface area contributed by atoms with Gasteiger partial charge in [0, 0.05) is 29.4 Å². The molecule has 0 aliphatic rings. The molecular formula is C5H11NO3S. The van der Waals surface area contributed by atoms with Gasteiger partial charge in [0.2, 0.25) is 0 Å². The minimum absolute atomic E-state index is 0.0505. The molecule has 0 spiro atoms. The zero-order chi connectivity index (χ0) is 8.15. The quantitative estimate of drug-likeness (QED) is 0.561. The lowest BCUT2D eigenvalue weighted by atomic mass is 10.2. The van der Waals surface area contributed by atoms with Crippen LogP contribution in [0.15, 0.2) is 0 Å². The first-order chi connectivity index (χ1) is 4.57. The Morgan fingerprint density at radius 3 is 2.40 bits per heavy atom. The van der Waals surface area contributed by atoms with E-state index in [1.165, 1.54) is 6.26 Å². The summed E-state index contributed by atoms with van der Waals surface area (Å²) in [4.78, 5) is 10.3. The molecule has 0 fully saturated rings. The zero-order valence-electron chi connectivity index (χ0n) is 5.74. The van der Waals surface area contributed by atoms with Crippen molar-refractivity contribution in [1.82, 2.24) is 0 Å². The SMILES string of the molecule is CS(=O)CC(CN)C(=O)O. The maximum Gasteiger partial charge on any atom is 0.308 e. The predicted molar refractivity (Wildman–Crippen MR) is 39.1 cm³/mol. The number of carbonyl (C=O) groups is 1. The van der Waals surface area contributed by atoms with Crippen LogP contribution < -0.4 is 5.73 Å². The number of carboxylic acids is 1. The summed E-state index contributed by atoms with van der Waals surface area (Å²) in [6.07, 6.45) is 1.46. The van der Waals surface area contributed by atoms with E-state index in [1.807, 2.05) is 0 Å². The van der Waals surface area contributed by atoms with Gasteiger partial charge in [-0.2, -0.15) is 0 Å². The second-order valence-electron chi connectivity index (χ2n) is 2.01. The van der Waals surface area contributed by atoms with Gasteiger partial charge in [0.1, 0.15) is 0 Å². The Bertz CT molecular complexity index is 148. The van der Waals surface area contributed by atoms with Crippen LogP contribution in [0.25, 0.3) is 0 Å². The Kier molecular flexibility index (Phi) is 4.22. The third kappa shape index (κ3) is 3.58. The maximum absolute atomic E-state index is 10.5. The van der Waals surface area contributed by atoms with Crippen LogP contribution in [0.3, 0.4) is 0 Å². The van der Waals surface area contributed by atoms with Gasteiger partial charge in [-0.15, -0.1) is 0 Å². The molecule has 0 saturated heterocycles. The van der Waals surface area contributed by atoms with E-state index in [-0.39, 0.29) is 12.3 Å². The van der Waals surface area contributed by atoms with Gasteiger partial charge >= 0.3 is 5.97 Å². The van der Waals surface area contributed by atoms with Crippen LogP contribution in [-0.4, -0.2) is 33.8 Å². The molecule has 0 heterocycles. The van der Waals surface area contributed by atoms with Crippen molar-refractivity contribution in [2.45, 2.75) is 0 Å². The Hall–Kier alpha value is -0.420. The first-order valence-electron chi connectivity index (χ1n) is 2.80. The summed E-state index contributed by atoms with van der Waals surface area (Å²) in [5.41, 5.74) is 5.11. The molecule has 2 atom stereocenters. The van der Waals surface area contributed by atoms with Crippen LogP contribution in [0, 0.1) is 5.92 Å². The monoisotopic (exact) mass is 165 g/mol. The molecule has 0 aliphatic heterocycles. The van der Waals surface area contributed by atoms with E-state index in [4.69, 9.17) is 10.8 Å². The molecule has 0 aliphatic carbocycles. The molecule has 2 unspecified atom stereocenters. The van der Waals surface area contributed by atoms with Crippen LogP contribution in [0.4, 0.5) is 0 Å². The van der Waals surface area contributed by atoms with Crippen LogP contribution in [0.2, 0.25) is 0 Å². The second-order valence-corrected chi connectivity index (χ2v) is 3.49. The minimum Gasteiger partial charge on any atom is -0.481 e. The van der Waals surface area contributed by atoms with Crippen molar-refractivity contribution in [3.63, 3.8) is 0 Å². The molecule has 0 radical (unpaired) electrons. The third-order valence-electron chi connectivity index (χ3n) is 1.07. The molecule has 0 aromatic rings. The summed E-state index contributed by atoms with van der Waals surface area (Å²) in [6.45, 7) is 0.0505. The summed E-state index contributed by atoms with van der Waals surface area (Å²) in [6, 6.07) is 0. The van der Waals surface area contributed by atoms with Gasteiger partial charge in [-0.3, -0.25) is 9.00 Å². The van der Waals surface area contributed by atoms with Crippen molar-refractivity contribution in [3.05, 3.63) is 0 Å². The van der Waals surface area contributed by atoms with E-state index < -0.39 is 22.7 Å². The third-order valence-corrected chi connectivity index (χ3v) is 1.94. The molecular weight excluding hydrogens is 154 g/mol. The fourth-order valence-electron chi connectivity index (χ4n) is 0.523. The highest BCUT2D eigenvalue weighted by atomic mass is 32.2. The fourth-order valence-corrected chi connectivity index (χ4v) is 1.37. The van der Waals surface area contributed by atoms with Crippen molar-refractivity contribution >= 4 is 16.8 Å². The van der Waals surface area contributed by atoms with E-state index in [1.54, 1.807) is 0 Å². The van der Waals surface area contributed by atoms with Crippen LogP contribution in [0.1, 0.15) is 0 Å². The molecule has 0 saturated carbocycles. The van der Waals surface area contributed by atoms with Gasteiger partial charge in [0.25, 0.3) is 0 Å². The molecule has 0 aromatic heterocycles. The second kappa shape index (κ2) is 4.40. The minimum atomic E-state index is -1.08. The Labute approximate surface area is 61.9 Å². The summed E-state index contributed by atoms with van der Waals surface area (Å²) in [5, 5.41) is 8.41. The van der Waals surface area contributed by atoms with Crippen LogP contribution >= 0.6 is 0 Å². The maximum atomic E-state index is 10.5. The Balaban J connectivity index is 3.83. The molecule has 0 rings (SSSR count). The Morgan fingerprint density at radius 2 is 2.30 bits per heavy atom. The lowest BCUT2D eigenvalue weighted by Crippen LogP contribution is -2.28. The van der Waals surface area contributed by atoms with Crippen molar-refractivity contribution in [2.24, 2.45) is 11.7 Å². The first kappa shape index (κ1) is 9.58. The van der Waals surface area contributed by atoms with Crippen molar-refractivity contribution < 1.29 is 14.1 Å².